The standard InChI is InChI=1S/C30H30N2O6/c1-4-15-37-26-14-11-23(17-27(26)36-3)18-32-29(34)25(28(33)31-30(32)35)16-21-9-12-24(13-10-21)38-19-22-7-5-20(2)6-8-22/h5-14,16-17H,4,15,18-19H2,1-3H3,(H,31,33,35)/b25-16+. The molecule has 1 N–H and O–H groups in total. The van der Waals surface area contributed by atoms with Crippen molar-refractivity contribution >= 4 is 23.9 Å². The third kappa shape index (κ3) is 6.39. The lowest BCUT2D eigenvalue weighted by atomic mass is 10.1. The molecule has 38 heavy (non-hydrogen) atoms. The number of urea groups is 1. The molecule has 3 aromatic rings. The summed E-state index contributed by atoms with van der Waals surface area (Å²) in [6, 6.07) is 19.5. The van der Waals surface area contributed by atoms with Crippen LogP contribution in [-0.2, 0) is 22.7 Å². The largest absolute Gasteiger partial charge is 0.493 e. The number of nitrogens with zero attached hydrogens (tertiary/aromatic N) is 1. The molecule has 1 fully saturated rings. The minimum atomic E-state index is -0.776. The van der Waals surface area contributed by atoms with Crippen molar-refractivity contribution in [1.82, 2.24) is 10.2 Å². The second-order valence-electron chi connectivity index (χ2n) is 8.89. The Balaban J connectivity index is 1.46. The number of rotatable bonds is 10. The normalized spacial score (nSPS) is 14.4. The fourth-order valence-electron chi connectivity index (χ4n) is 3.84. The number of amides is 4. The van der Waals surface area contributed by atoms with E-state index in [2.05, 4.69) is 5.32 Å². The van der Waals surface area contributed by atoms with E-state index in [0.717, 1.165) is 16.9 Å². The molecule has 4 rings (SSSR count). The Morgan fingerprint density at radius 3 is 2.26 bits per heavy atom. The summed E-state index contributed by atoms with van der Waals surface area (Å²) in [4.78, 5) is 39.2. The van der Waals surface area contributed by atoms with Gasteiger partial charge in [0, 0.05) is 0 Å². The molecule has 1 heterocycles. The molecule has 0 radical (unpaired) electrons. The molecular weight excluding hydrogens is 484 g/mol. The van der Waals surface area contributed by atoms with Gasteiger partial charge in [-0.15, -0.1) is 0 Å². The number of hydrogen-bond donors (Lipinski definition) is 1. The summed E-state index contributed by atoms with van der Waals surface area (Å²) in [5, 5.41) is 2.25. The first-order valence-electron chi connectivity index (χ1n) is 12.3. The first kappa shape index (κ1) is 26.5. The Labute approximate surface area is 221 Å². The molecule has 0 bridgehead atoms. The maximum atomic E-state index is 13.2. The van der Waals surface area contributed by atoms with Gasteiger partial charge in [-0.05, 0) is 60.4 Å². The van der Waals surface area contributed by atoms with Crippen molar-refractivity contribution in [1.29, 1.82) is 0 Å². The number of nitrogens with one attached hydrogen (secondary N) is 1. The summed E-state index contributed by atoms with van der Waals surface area (Å²) in [7, 11) is 1.52. The van der Waals surface area contributed by atoms with E-state index in [1.807, 2.05) is 38.1 Å². The van der Waals surface area contributed by atoms with Crippen LogP contribution in [0.1, 0.15) is 35.6 Å². The van der Waals surface area contributed by atoms with E-state index in [-0.39, 0.29) is 12.1 Å². The summed E-state index contributed by atoms with van der Waals surface area (Å²) in [6.45, 7) is 4.96. The van der Waals surface area contributed by atoms with Gasteiger partial charge in [0.1, 0.15) is 17.9 Å². The van der Waals surface area contributed by atoms with Crippen molar-refractivity contribution in [2.24, 2.45) is 0 Å². The van der Waals surface area contributed by atoms with Crippen LogP contribution in [0.15, 0.2) is 72.3 Å². The van der Waals surface area contributed by atoms with Crippen LogP contribution in [0.2, 0.25) is 0 Å². The topological polar surface area (TPSA) is 94.2 Å². The first-order valence-corrected chi connectivity index (χ1v) is 12.3. The lowest BCUT2D eigenvalue weighted by molar-refractivity contribution is -0.130. The van der Waals surface area contributed by atoms with E-state index in [1.54, 1.807) is 42.5 Å². The average Bonchev–Trinajstić information content (AvgIpc) is 2.92. The summed E-state index contributed by atoms with van der Waals surface area (Å²) in [6.07, 6.45) is 2.31. The van der Waals surface area contributed by atoms with Crippen LogP contribution in [0.3, 0.4) is 0 Å². The highest BCUT2D eigenvalue weighted by molar-refractivity contribution is 6.30. The Morgan fingerprint density at radius 1 is 0.868 bits per heavy atom. The van der Waals surface area contributed by atoms with Crippen LogP contribution in [-0.4, -0.2) is 36.5 Å². The van der Waals surface area contributed by atoms with Gasteiger partial charge in [0.05, 0.1) is 20.3 Å². The minimum absolute atomic E-state index is 0.0362. The number of imide groups is 2. The van der Waals surface area contributed by atoms with Gasteiger partial charge >= 0.3 is 6.03 Å². The molecule has 4 amide bonds. The van der Waals surface area contributed by atoms with Crippen molar-refractivity contribution in [2.75, 3.05) is 13.7 Å². The molecule has 0 aliphatic carbocycles. The molecule has 0 saturated carbocycles. The van der Waals surface area contributed by atoms with Crippen molar-refractivity contribution in [3.63, 3.8) is 0 Å². The number of benzene rings is 3. The molecule has 3 aromatic carbocycles. The quantitative estimate of drug-likeness (QED) is 0.301. The zero-order valence-corrected chi connectivity index (χ0v) is 21.7. The highest BCUT2D eigenvalue weighted by Gasteiger charge is 2.35. The number of barbiturate groups is 1. The van der Waals surface area contributed by atoms with Crippen molar-refractivity contribution in [3.05, 3.63) is 94.6 Å². The molecule has 1 aliphatic heterocycles. The number of carbonyl (C=O) groups is 3. The Hall–Kier alpha value is -4.59. The van der Waals surface area contributed by atoms with Gasteiger partial charge in [-0.25, -0.2) is 4.79 Å². The lowest BCUT2D eigenvalue weighted by Gasteiger charge is -2.26. The summed E-state index contributed by atoms with van der Waals surface area (Å²) in [5.74, 6) is 0.316. The zero-order valence-electron chi connectivity index (χ0n) is 21.7. The Bertz CT molecular complexity index is 1350. The maximum Gasteiger partial charge on any atom is 0.331 e. The van der Waals surface area contributed by atoms with E-state index in [4.69, 9.17) is 14.2 Å². The fraction of sp³-hybridized carbons (Fsp3) is 0.233. The van der Waals surface area contributed by atoms with Gasteiger partial charge in [-0.1, -0.05) is 55.0 Å². The van der Waals surface area contributed by atoms with E-state index < -0.39 is 17.8 Å². The predicted octanol–water partition coefficient (Wildman–Crippen LogP) is 5.03. The third-order valence-corrected chi connectivity index (χ3v) is 5.93. The van der Waals surface area contributed by atoms with Crippen LogP contribution in [0, 0.1) is 6.92 Å². The molecule has 0 unspecified atom stereocenters. The van der Waals surface area contributed by atoms with Gasteiger partial charge in [-0.3, -0.25) is 19.8 Å². The van der Waals surface area contributed by atoms with Gasteiger partial charge in [0.2, 0.25) is 0 Å². The number of carbonyl (C=O) groups excluding carboxylic acids is 3. The molecule has 1 aliphatic rings. The SMILES string of the molecule is CCCOc1ccc(CN2C(=O)NC(=O)/C(=C\c3ccc(OCc4ccc(C)cc4)cc3)C2=O)cc1OC. The Morgan fingerprint density at radius 2 is 1.58 bits per heavy atom. The predicted molar refractivity (Wildman–Crippen MR) is 143 cm³/mol. The average molecular weight is 515 g/mol. The molecule has 8 heteroatoms. The van der Waals surface area contributed by atoms with Crippen LogP contribution in [0.4, 0.5) is 4.79 Å². The fourth-order valence-corrected chi connectivity index (χ4v) is 3.84. The first-order chi connectivity index (χ1) is 18.4. The molecule has 8 nitrogen and oxygen atoms in total. The number of methoxy groups -OCH3 is 1. The maximum absolute atomic E-state index is 13.2. The van der Waals surface area contributed by atoms with Gasteiger partial charge < -0.3 is 14.2 Å². The molecule has 196 valence electrons. The van der Waals surface area contributed by atoms with Gasteiger partial charge in [0.15, 0.2) is 11.5 Å². The second kappa shape index (κ2) is 12.1. The summed E-state index contributed by atoms with van der Waals surface area (Å²) in [5.41, 5.74) is 3.38. The summed E-state index contributed by atoms with van der Waals surface area (Å²) < 4.78 is 16.9. The second-order valence-corrected chi connectivity index (χ2v) is 8.89. The van der Waals surface area contributed by atoms with Crippen molar-refractivity contribution in [3.8, 4) is 17.2 Å². The van der Waals surface area contributed by atoms with Crippen molar-refractivity contribution in [2.45, 2.75) is 33.4 Å². The highest BCUT2D eigenvalue weighted by Crippen LogP contribution is 2.29. The number of hydrogen-bond acceptors (Lipinski definition) is 6. The van der Waals surface area contributed by atoms with Crippen LogP contribution in [0.5, 0.6) is 17.2 Å². The highest BCUT2D eigenvalue weighted by atomic mass is 16.5. The molecule has 0 spiro atoms. The lowest BCUT2D eigenvalue weighted by Crippen LogP contribution is -2.53. The molecule has 0 atom stereocenters. The van der Waals surface area contributed by atoms with Gasteiger partial charge in [0.25, 0.3) is 11.8 Å². The van der Waals surface area contributed by atoms with E-state index in [0.29, 0.717) is 41.6 Å². The van der Waals surface area contributed by atoms with E-state index in [9.17, 15) is 14.4 Å². The van der Waals surface area contributed by atoms with Crippen molar-refractivity contribution < 1.29 is 28.6 Å². The minimum Gasteiger partial charge on any atom is -0.493 e. The number of ether oxygens (including phenoxy) is 3. The third-order valence-electron chi connectivity index (χ3n) is 5.93. The van der Waals surface area contributed by atoms with Gasteiger partial charge in [-0.2, -0.15) is 0 Å². The van der Waals surface area contributed by atoms with E-state index >= 15 is 0 Å². The molecule has 0 aromatic heterocycles. The van der Waals surface area contributed by atoms with Crippen LogP contribution in [0.25, 0.3) is 6.08 Å². The molecule has 1 saturated heterocycles. The Kier molecular flexibility index (Phi) is 8.43. The zero-order chi connectivity index (χ0) is 27.1. The smallest absolute Gasteiger partial charge is 0.331 e. The van der Waals surface area contributed by atoms with Crippen LogP contribution < -0.4 is 19.5 Å². The molecular formula is C30H30N2O6. The summed E-state index contributed by atoms with van der Waals surface area (Å²) >= 11 is 0. The monoisotopic (exact) mass is 514 g/mol. The van der Waals surface area contributed by atoms with Crippen LogP contribution >= 0.6 is 0 Å². The number of aryl methyl sites for hydroxylation is 1. The van der Waals surface area contributed by atoms with E-state index in [1.165, 1.54) is 18.7 Å².